The molecule has 35 heavy (non-hydrogen) atoms. The molecule has 2 aromatic carbocycles. The molecule has 0 aliphatic carbocycles. The highest BCUT2D eigenvalue weighted by atomic mass is 35.5. The van der Waals surface area contributed by atoms with Gasteiger partial charge in [-0.3, -0.25) is 13.9 Å². The third-order valence-corrected chi connectivity index (χ3v) is 6.87. The second-order valence-electron chi connectivity index (χ2n) is 8.86. The van der Waals surface area contributed by atoms with Crippen LogP contribution in [0, 0.1) is 12.7 Å². The lowest BCUT2D eigenvalue weighted by Crippen LogP contribution is -2.49. The van der Waals surface area contributed by atoms with Gasteiger partial charge in [-0.25, -0.2) is 12.8 Å². The quantitative estimate of drug-likeness (QED) is 0.474. The van der Waals surface area contributed by atoms with Crippen LogP contribution in [-0.2, 0) is 26.2 Å². The molecule has 0 aliphatic rings. The fourth-order valence-electron chi connectivity index (χ4n) is 3.61. The lowest BCUT2D eigenvalue weighted by atomic mass is 10.1. The van der Waals surface area contributed by atoms with Gasteiger partial charge in [-0.2, -0.15) is 0 Å². The molecule has 0 saturated carbocycles. The summed E-state index contributed by atoms with van der Waals surface area (Å²) >= 11 is 6.08. The number of nitrogens with zero attached hydrogens (tertiary/aromatic N) is 2. The summed E-state index contributed by atoms with van der Waals surface area (Å²) in [5.74, 6) is -1.01. The number of nitrogens with one attached hydrogen (secondary N) is 1. The highest BCUT2D eigenvalue weighted by molar-refractivity contribution is 7.92. The van der Waals surface area contributed by atoms with Crippen molar-refractivity contribution in [1.82, 2.24) is 10.2 Å². The summed E-state index contributed by atoms with van der Waals surface area (Å²) < 4.78 is 39.5. The number of anilines is 1. The largest absolute Gasteiger partial charge is 0.352 e. The zero-order chi connectivity index (χ0) is 26.3. The summed E-state index contributed by atoms with van der Waals surface area (Å²) in [7, 11) is -3.62. The smallest absolute Gasteiger partial charge is 0.242 e. The van der Waals surface area contributed by atoms with Gasteiger partial charge in [0.1, 0.15) is 11.9 Å². The molecule has 0 aromatic heterocycles. The predicted molar refractivity (Wildman–Crippen MR) is 137 cm³/mol. The molecule has 192 valence electrons. The van der Waals surface area contributed by atoms with Crippen molar-refractivity contribution < 1.29 is 22.4 Å². The average Bonchev–Trinajstić information content (AvgIpc) is 2.76. The number of rotatable bonds is 11. The Morgan fingerprint density at radius 1 is 1.09 bits per heavy atom. The highest BCUT2D eigenvalue weighted by Gasteiger charge is 2.27. The van der Waals surface area contributed by atoms with Gasteiger partial charge >= 0.3 is 0 Å². The van der Waals surface area contributed by atoms with Gasteiger partial charge in [0, 0.05) is 30.6 Å². The van der Waals surface area contributed by atoms with Crippen molar-refractivity contribution in [2.75, 3.05) is 17.1 Å². The van der Waals surface area contributed by atoms with Crippen molar-refractivity contribution in [3.05, 3.63) is 64.4 Å². The Morgan fingerprint density at radius 2 is 1.71 bits per heavy atom. The molecule has 7 nitrogen and oxygen atoms in total. The second kappa shape index (κ2) is 12.4. The van der Waals surface area contributed by atoms with Crippen molar-refractivity contribution in [3.63, 3.8) is 0 Å². The van der Waals surface area contributed by atoms with Crippen LogP contribution in [0.5, 0.6) is 0 Å². The van der Waals surface area contributed by atoms with E-state index in [0.717, 1.165) is 11.8 Å². The Labute approximate surface area is 212 Å². The van der Waals surface area contributed by atoms with Crippen molar-refractivity contribution in [3.8, 4) is 0 Å². The molecule has 0 bridgehead atoms. The Balaban J connectivity index is 2.20. The molecule has 2 rings (SSSR count). The maximum Gasteiger partial charge on any atom is 0.242 e. The monoisotopic (exact) mass is 525 g/mol. The number of aryl methyl sites for hydroxylation is 1. The van der Waals surface area contributed by atoms with E-state index in [9.17, 15) is 22.4 Å². The minimum absolute atomic E-state index is 0.0200. The van der Waals surface area contributed by atoms with Crippen LogP contribution in [0.1, 0.15) is 44.7 Å². The van der Waals surface area contributed by atoms with Crippen molar-refractivity contribution >= 4 is 39.1 Å². The van der Waals surface area contributed by atoms with E-state index in [1.165, 1.54) is 21.3 Å². The van der Waals surface area contributed by atoms with E-state index in [4.69, 9.17) is 11.6 Å². The fraction of sp³-hybridized carbons (Fsp3) is 0.440. The molecule has 0 saturated heterocycles. The minimum atomic E-state index is -3.62. The minimum Gasteiger partial charge on any atom is -0.352 e. The van der Waals surface area contributed by atoms with Gasteiger partial charge < -0.3 is 10.2 Å². The Kier molecular flexibility index (Phi) is 10.1. The zero-order valence-corrected chi connectivity index (χ0v) is 22.3. The normalized spacial score (nSPS) is 12.3. The van der Waals surface area contributed by atoms with E-state index in [1.54, 1.807) is 44.2 Å². The number of amides is 2. The van der Waals surface area contributed by atoms with Crippen LogP contribution in [0.2, 0.25) is 5.02 Å². The van der Waals surface area contributed by atoms with Crippen LogP contribution in [0.25, 0.3) is 0 Å². The van der Waals surface area contributed by atoms with Crippen molar-refractivity contribution in [2.24, 2.45) is 0 Å². The number of benzene rings is 2. The summed E-state index contributed by atoms with van der Waals surface area (Å²) in [6, 6.07) is 9.86. The summed E-state index contributed by atoms with van der Waals surface area (Å²) in [5.41, 5.74) is 1.87. The number of carbonyl (C=O) groups is 2. The van der Waals surface area contributed by atoms with E-state index in [1.807, 2.05) is 13.8 Å². The molecular weight excluding hydrogens is 493 g/mol. The summed E-state index contributed by atoms with van der Waals surface area (Å²) in [6.45, 7) is 7.27. The van der Waals surface area contributed by atoms with E-state index >= 15 is 0 Å². The van der Waals surface area contributed by atoms with Crippen molar-refractivity contribution in [2.45, 2.75) is 59.2 Å². The molecule has 0 aliphatic heterocycles. The van der Waals surface area contributed by atoms with E-state index in [-0.39, 0.29) is 43.8 Å². The molecule has 0 fully saturated rings. The van der Waals surface area contributed by atoms with Crippen LogP contribution in [-0.4, -0.2) is 50.0 Å². The zero-order valence-electron chi connectivity index (χ0n) is 20.7. The van der Waals surface area contributed by atoms with Gasteiger partial charge in [0.15, 0.2) is 0 Å². The molecule has 2 aromatic rings. The molecule has 1 N–H and O–H groups in total. The van der Waals surface area contributed by atoms with Crippen LogP contribution < -0.4 is 9.62 Å². The molecule has 0 spiro atoms. The summed E-state index contributed by atoms with van der Waals surface area (Å²) in [6.07, 6.45) is 1.36. The topological polar surface area (TPSA) is 86.8 Å². The van der Waals surface area contributed by atoms with Gasteiger partial charge in [0.05, 0.1) is 11.9 Å². The molecular formula is C25H33ClFN3O4S. The lowest BCUT2D eigenvalue weighted by molar-refractivity contribution is -0.140. The highest BCUT2D eigenvalue weighted by Crippen LogP contribution is 2.27. The number of hydrogen-bond acceptors (Lipinski definition) is 4. The number of hydrogen-bond donors (Lipinski definition) is 1. The van der Waals surface area contributed by atoms with Gasteiger partial charge in [-0.15, -0.1) is 0 Å². The maximum atomic E-state index is 13.3. The Hall–Kier alpha value is -2.65. The maximum absolute atomic E-state index is 13.3. The van der Waals surface area contributed by atoms with Crippen LogP contribution in [0.3, 0.4) is 0 Å². The van der Waals surface area contributed by atoms with Gasteiger partial charge in [-0.05, 0) is 69.5 Å². The van der Waals surface area contributed by atoms with E-state index in [2.05, 4.69) is 5.32 Å². The molecule has 1 atom stereocenters. The second-order valence-corrected chi connectivity index (χ2v) is 11.2. The lowest BCUT2D eigenvalue weighted by Gasteiger charge is -2.30. The first-order valence-electron chi connectivity index (χ1n) is 11.4. The third-order valence-electron chi connectivity index (χ3n) is 5.46. The molecule has 0 heterocycles. The van der Waals surface area contributed by atoms with Crippen LogP contribution in [0.4, 0.5) is 10.1 Å². The van der Waals surface area contributed by atoms with Crippen LogP contribution in [0.15, 0.2) is 42.5 Å². The summed E-state index contributed by atoms with van der Waals surface area (Å²) in [5, 5.41) is 3.22. The Bertz CT molecular complexity index is 1140. The average molecular weight is 526 g/mol. The van der Waals surface area contributed by atoms with Gasteiger partial charge in [0.2, 0.25) is 21.8 Å². The van der Waals surface area contributed by atoms with E-state index in [0.29, 0.717) is 16.3 Å². The van der Waals surface area contributed by atoms with Crippen LogP contribution >= 0.6 is 11.6 Å². The molecule has 0 radical (unpaired) electrons. The van der Waals surface area contributed by atoms with Gasteiger partial charge in [0.25, 0.3) is 0 Å². The molecule has 2 amide bonds. The first kappa shape index (κ1) is 28.6. The summed E-state index contributed by atoms with van der Waals surface area (Å²) in [4.78, 5) is 27.3. The fourth-order valence-corrected chi connectivity index (χ4v) is 4.79. The number of carbonyl (C=O) groups excluding carboxylic acids is 2. The predicted octanol–water partition coefficient (Wildman–Crippen LogP) is 4.28. The first-order valence-corrected chi connectivity index (χ1v) is 13.6. The molecule has 1 unspecified atom stereocenters. The third kappa shape index (κ3) is 8.50. The number of halogens is 2. The van der Waals surface area contributed by atoms with Crippen molar-refractivity contribution in [1.29, 1.82) is 0 Å². The number of sulfonamides is 1. The standard InChI is InChI=1S/C25H33ClFN3O4S/c1-17(2)28-25(32)19(4)29(16-20-9-12-22(27)13-10-20)24(31)7-6-14-30(35(5,33)34)23-15-21(26)11-8-18(23)3/h8-13,15,17,19H,6-7,14,16H2,1-5H3,(H,28,32). The van der Waals surface area contributed by atoms with Gasteiger partial charge in [-0.1, -0.05) is 29.8 Å². The Morgan fingerprint density at radius 3 is 2.29 bits per heavy atom. The first-order chi connectivity index (χ1) is 16.3. The molecule has 10 heteroatoms. The SMILES string of the molecule is Cc1ccc(Cl)cc1N(CCCC(=O)N(Cc1ccc(F)cc1)C(C)C(=O)NC(C)C)S(C)(=O)=O. The van der Waals surface area contributed by atoms with E-state index < -0.39 is 21.9 Å².